The van der Waals surface area contributed by atoms with Crippen LogP contribution in [0, 0.1) is 11.3 Å². The van der Waals surface area contributed by atoms with Gasteiger partial charge in [0.25, 0.3) is 0 Å². The first-order valence-electron chi connectivity index (χ1n) is 7.11. The number of H-pyrrole nitrogens is 1. The van der Waals surface area contributed by atoms with E-state index >= 15 is 0 Å². The topological polar surface area (TPSA) is 74.6 Å². The molecular weight excluding hydrogens is 321 g/mol. The van der Waals surface area contributed by atoms with Crippen molar-refractivity contribution < 1.29 is 17.9 Å². The fourth-order valence-electron chi connectivity index (χ4n) is 2.02. The lowest BCUT2D eigenvalue weighted by Gasteiger charge is -2.12. The monoisotopic (exact) mass is 336 g/mol. The van der Waals surface area contributed by atoms with Gasteiger partial charge in [0.15, 0.2) is 5.69 Å². The minimum Gasteiger partial charge on any atom is -0.493 e. The fraction of sp³-hybridized carbons (Fsp3) is 0.312. The smallest absolute Gasteiger partial charge is 0.416 e. The quantitative estimate of drug-likeness (QED) is 0.659. The lowest BCUT2D eigenvalue weighted by atomic mass is 10.1. The number of nitrogens with one attached hydrogen (secondary N) is 1. The zero-order valence-corrected chi connectivity index (χ0v) is 13.1. The Morgan fingerprint density at radius 1 is 1.29 bits per heavy atom. The molecule has 0 spiro atoms. The van der Waals surface area contributed by atoms with Crippen LogP contribution in [0.15, 0.2) is 29.8 Å². The van der Waals surface area contributed by atoms with Gasteiger partial charge in [-0.2, -0.15) is 28.7 Å². The summed E-state index contributed by atoms with van der Waals surface area (Å²) >= 11 is 0. The van der Waals surface area contributed by atoms with E-state index in [2.05, 4.69) is 15.4 Å². The van der Waals surface area contributed by atoms with Gasteiger partial charge in [0.05, 0.1) is 12.2 Å². The maximum Gasteiger partial charge on any atom is 0.416 e. The molecule has 24 heavy (non-hydrogen) atoms. The molecule has 0 fully saturated rings. The molecule has 0 bridgehead atoms. The first-order chi connectivity index (χ1) is 11.3. The Morgan fingerprint density at radius 2 is 2.04 bits per heavy atom. The number of aromatic amines is 1. The molecule has 0 aliphatic rings. The second kappa shape index (κ2) is 7.17. The largest absolute Gasteiger partial charge is 0.493 e. The number of rotatable bonds is 5. The Kier molecular flexibility index (Phi) is 5.24. The molecule has 1 heterocycles. The van der Waals surface area contributed by atoms with E-state index in [0.717, 1.165) is 17.7 Å². The maximum absolute atomic E-state index is 13.1. The van der Waals surface area contributed by atoms with Crippen molar-refractivity contribution in [3.05, 3.63) is 41.1 Å². The molecule has 8 heteroatoms. The van der Waals surface area contributed by atoms with Gasteiger partial charge < -0.3 is 4.74 Å². The number of hydrogen-bond donors (Lipinski definition) is 1. The van der Waals surface area contributed by atoms with Gasteiger partial charge in [-0.15, -0.1) is 5.10 Å². The molecule has 1 aromatic heterocycles. The van der Waals surface area contributed by atoms with Crippen molar-refractivity contribution in [2.24, 2.45) is 0 Å². The summed E-state index contributed by atoms with van der Waals surface area (Å²) in [6.45, 7) is 4.10. The predicted molar refractivity (Wildman–Crippen MR) is 81.1 cm³/mol. The fourth-order valence-corrected chi connectivity index (χ4v) is 2.02. The first kappa shape index (κ1) is 17.5. The average Bonchev–Trinajstić information content (AvgIpc) is 2.99. The van der Waals surface area contributed by atoms with Crippen molar-refractivity contribution in [1.29, 1.82) is 5.26 Å². The minimum absolute atomic E-state index is 0.0535. The van der Waals surface area contributed by atoms with Gasteiger partial charge in [-0.05, 0) is 38.5 Å². The van der Waals surface area contributed by atoms with Gasteiger partial charge in [-0.1, -0.05) is 11.6 Å². The molecule has 0 radical (unpaired) electrons. The molecule has 0 unspecified atom stereocenters. The van der Waals surface area contributed by atoms with Gasteiger partial charge in [-0.3, -0.25) is 0 Å². The predicted octanol–water partition coefficient (Wildman–Crippen LogP) is 4.10. The molecule has 1 N–H and O–H groups in total. The second-order valence-electron chi connectivity index (χ2n) is 5.30. The number of aromatic nitrogens is 3. The molecule has 0 saturated heterocycles. The molecule has 0 aliphatic carbocycles. The number of hydrogen-bond acceptors (Lipinski definition) is 4. The van der Waals surface area contributed by atoms with Crippen LogP contribution in [0.2, 0.25) is 0 Å². The number of benzene rings is 1. The van der Waals surface area contributed by atoms with Crippen LogP contribution in [0.4, 0.5) is 13.2 Å². The Bertz CT molecular complexity index is 783. The van der Waals surface area contributed by atoms with Gasteiger partial charge in [0, 0.05) is 5.56 Å². The van der Waals surface area contributed by atoms with Crippen LogP contribution >= 0.6 is 0 Å². The Hall–Kier alpha value is -2.82. The van der Waals surface area contributed by atoms with Crippen LogP contribution in [-0.2, 0) is 6.18 Å². The summed E-state index contributed by atoms with van der Waals surface area (Å²) in [5, 5.41) is 18.5. The van der Waals surface area contributed by atoms with Crippen LogP contribution in [0.3, 0.4) is 0 Å². The SMILES string of the molecule is CC(C)=CCCOc1cc(-c2n[nH]nc2C#N)cc(C(F)(F)F)c1. The first-order valence-corrected chi connectivity index (χ1v) is 7.11. The summed E-state index contributed by atoms with van der Waals surface area (Å²) in [5.41, 5.74) is 0.323. The van der Waals surface area contributed by atoms with Crippen LogP contribution < -0.4 is 4.74 Å². The molecule has 1 aromatic carbocycles. The van der Waals surface area contributed by atoms with Gasteiger partial charge >= 0.3 is 6.18 Å². The van der Waals surface area contributed by atoms with Crippen molar-refractivity contribution in [2.45, 2.75) is 26.4 Å². The highest BCUT2D eigenvalue weighted by atomic mass is 19.4. The number of nitriles is 1. The van der Waals surface area contributed by atoms with E-state index in [1.807, 2.05) is 19.9 Å². The van der Waals surface area contributed by atoms with Gasteiger partial charge in [-0.25, -0.2) is 0 Å². The molecule has 0 saturated carbocycles. The third-order valence-corrected chi connectivity index (χ3v) is 3.10. The van der Waals surface area contributed by atoms with Crippen LogP contribution in [0.5, 0.6) is 5.75 Å². The summed E-state index contributed by atoms with van der Waals surface area (Å²) in [6, 6.07) is 5.04. The lowest BCUT2D eigenvalue weighted by molar-refractivity contribution is -0.137. The number of ether oxygens (including phenoxy) is 1. The molecule has 126 valence electrons. The minimum atomic E-state index is -4.54. The summed E-state index contributed by atoms with van der Waals surface area (Å²) in [5.74, 6) is 0.0638. The van der Waals surface area contributed by atoms with Gasteiger partial charge in [0.2, 0.25) is 0 Å². The van der Waals surface area contributed by atoms with Crippen LogP contribution in [-0.4, -0.2) is 22.0 Å². The van der Waals surface area contributed by atoms with Crippen molar-refractivity contribution in [1.82, 2.24) is 15.4 Å². The van der Waals surface area contributed by atoms with Crippen LogP contribution in [0.1, 0.15) is 31.5 Å². The Morgan fingerprint density at radius 3 is 2.67 bits per heavy atom. The highest BCUT2D eigenvalue weighted by Crippen LogP contribution is 2.35. The Balaban J connectivity index is 2.36. The standard InChI is InChI=1S/C16H15F3N4O/c1-10(2)4-3-5-24-13-7-11(6-12(8-13)16(17,18)19)15-14(9-20)21-23-22-15/h4,6-8H,3,5H2,1-2H3,(H,21,22,23). The maximum atomic E-state index is 13.1. The summed E-state index contributed by atoms with van der Waals surface area (Å²) in [4.78, 5) is 0. The second-order valence-corrected chi connectivity index (χ2v) is 5.30. The molecule has 2 aromatic rings. The molecule has 5 nitrogen and oxygen atoms in total. The Labute approximate surface area is 136 Å². The van der Waals surface area contributed by atoms with Crippen molar-refractivity contribution in [3.8, 4) is 23.1 Å². The third kappa shape index (κ3) is 4.35. The summed E-state index contributed by atoms with van der Waals surface area (Å²) < 4.78 is 44.7. The van der Waals surface area contributed by atoms with Crippen molar-refractivity contribution >= 4 is 0 Å². The highest BCUT2D eigenvalue weighted by Gasteiger charge is 2.32. The van der Waals surface area contributed by atoms with Gasteiger partial charge in [0.1, 0.15) is 17.5 Å². The number of alkyl halides is 3. The summed E-state index contributed by atoms with van der Waals surface area (Å²) in [6.07, 6.45) is -2.02. The van der Waals surface area contributed by atoms with E-state index in [1.165, 1.54) is 6.07 Å². The van der Waals surface area contributed by atoms with E-state index in [1.54, 1.807) is 6.07 Å². The molecular formula is C16H15F3N4O. The van der Waals surface area contributed by atoms with E-state index in [9.17, 15) is 13.2 Å². The normalized spacial score (nSPS) is 11.0. The molecule has 2 rings (SSSR count). The number of nitrogens with zero attached hydrogens (tertiary/aromatic N) is 3. The zero-order valence-electron chi connectivity index (χ0n) is 13.1. The van der Waals surface area contributed by atoms with E-state index in [4.69, 9.17) is 10.00 Å². The molecule has 0 amide bonds. The summed E-state index contributed by atoms with van der Waals surface area (Å²) in [7, 11) is 0. The van der Waals surface area contributed by atoms with E-state index in [-0.39, 0.29) is 29.3 Å². The van der Waals surface area contributed by atoms with Crippen LogP contribution in [0.25, 0.3) is 11.3 Å². The van der Waals surface area contributed by atoms with E-state index in [0.29, 0.717) is 6.42 Å². The average molecular weight is 336 g/mol. The number of allylic oxidation sites excluding steroid dienone is 1. The number of halogens is 3. The highest BCUT2D eigenvalue weighted by molar-refractivity contribution is 5.67. The molecule has 0 atom stereocenters. The lowest BCUT2D eigenvalue weighted by Crippen LogP contribution is -2.06. The zero-order chi connectivity index (χ0) is 17.7. The van der Waals surface area contributed by atoms with Crippen molar-refractivity contribution in [3.63, 3.8) is 0 Å². The third-order valence-electron chi connectivity index (χ3n) is 3.10. The van der Waals surface area contributed by atoms with Crippen molar-refractivity contribution in [2.75, 3.05) is 6.61 Å². The molecule has 0 aliphatic heterocycles. The van der Waals surface area contributed by atoms with E-state index < -0.39 is 11.7 Å².